The summed E-state index contributed by atoms with van der Waals surface area (Å²) >= 11 is 7.69. The third kappa shape index (κ3) is 3.84. The first-order valence-corrected chi connectivity index (χ1v) is 10.7. The number of halogens is 1. The maximum absolute atomic E-state index is 12.6. The van der Waals surface area contributed by atoms with Gasteiger partial charge in [0.15, 0.2) is 0 Å². The van der Waals surface area contributed by atoms with Gasteiger partial charge in [0.1, 0.15) is 0 Å². The van der Waals surface area contributed by atoms with Crippen LogP contribution in [0.3, 0.4) is 0 Å². The lowest BCUT2D eigenvalue weighted by molar-refractivity contribution is -0.116. The highest BCUT2D eigenvalue weighted by molar-refractivity contribution is 8.02. The number of nitrogens with zero attached hydrogens (tertiary/aromatic N) is 2. The van der Waals surface area contributed by atoms with Crippen molar-refractivity contribution in [2.75, 3.05) is 23.7 Å². The highest BCUT2D eigenvalue weighted by Crippen LogP contribution is 2.46. The van der Waals surface area contributed by atoms with Crippen molar-refractivity contribution in [2.45, 2.75) is 24.3 Å². The number of carbonyl (C=O) groups is 2. The number of nitrogens with one attached hydrogen (secondary N) is 1. The maximum atomic E-state index is 12.6. The number of amides is 3. The molecule has 3 amide bonds. The SMILES string of the molecule is O=C(NCc1ccccc1)N1CCC2(CC1)SCC(=O)N2c1ccc(Cl)cc1. The van der Waals surface area contributed by atoms with Gasteiger partial charge in [-0.05, 0) is 42.7 Å². The van der Waals surface area contributed by atoms with Crippen molar-refractivity contribution in [3.63, 3.8) is 0 Å². The van der Waals surface area contributed by atoms with Crippen LogP contribution >= 0.6 is 23.4 Å². The lowest BCUT2D eigenvalue weighted by Crippen LogP contribution is -2.54. The van der Waals surface area contributed by atoms with Crippen molar-refractivity contribution in [1.82, 2.24) is 10.2 Å². The van der Waals surface area contributed by atoms with Gasteiger partial charge in [0, 0.05) is 30.3 Å². The van der Waals surface area contributed by atoms with E-state index in [0.29, 0.717) is 30.4 Å². The molecule has 0 atom stereocenters. The van der Waals surface area contributed by atoms with E-state index in [1.807, 2.05) is 64.4 Å². The fourth-order valence-corrected chi connectivity index (χ4v) is 5.29. The number of rotatable bonds is 3. The first kappa shape index (κ1) is 19.2. The molecule has 0 bridgehead atoms. The summed E-state index contributed by atoms with van der Waals surface area (Å²) in [6, 6.07) is 17.2. The van der Waals surface area contributed by atoms with E-state index in [2.05, 4.69) is 5.32 Å². The van der Waals surface area contributed by atoms with E-state index >= 15 is 0 Å². The second-order valence-corrected chi connectivity index (χ2v) is 8.85. The van der Waals surface area contributed by atoms with Gasteiger partial charge in [-0.2, -0.15) is 0 Å². The molecule has 0 radical (unpaired) electrons. The summed E-state index contributed by atoms with van der Waals surface area (Å²) in [5.41, 5.74) is 1.96. The molecule has 1 spiro atoms. The van der Waals surface area contributed by atoms with Crippen LogP contribution in [0.5, 0.6) is 0 Å². The van der Waals surface area contributed by atoms with Crippen LogP contribution in [0.4, 0.5) is 10.5 Å². The molecular formula is C21H22ClN3O2S. The Morgan fingerprint density at radius 3 is 2.43 bits per heavy atom. The molecule has 7 heteroatoms. The van der Waals surface area contributed by atoms with Crippen molar-refractivity contribution in [1.29, 1.82) is 0 Å². The van der Waals surface area contributed by atoms with Crippen LogP contribution in [0.1, 0.15) is 18.4 Å². The zero-order valence-corrected chi connectivity index (χ0v) is 17.0. The van der Waals surface area contributed by atoms with Gasteiger partial charge in [0.25, 0.3) is 0 Å². The number of likely N-dealkylation sites (tertiary alicyclic amines) is 1. The number of benzene rings is 2. The second-order valence-electron chi connectivity index (χ2n) is 7.07. The Labute approximate surface area is 174 Å². The first-order chi connectivity index (χ1) is 13.6. The highest BCUT2D eigenvalue weighted by Gasteiger charge is 2.49. The zero-order chi connectivity index (χ0) is 19.6. The molecule has 0 saturated carbocycles. The minimum atomic E-state index is -0.277. The van der Waals surface area contributed by atoms with Crippen molar-refractivity contribution in [2.24, 2.45) is 0 Å². The van der Waals surface area contributed by atoms with Gasteiger partial charge < -0.3 is 10.2 Å². The molecule has 0 aromatic heterocycles. The number of hydrogen-bond acceptors (Lipinski definition) is 3. The fraction of sp³-hybridized carbons (Fsp3) is 0.333. The molecule has 146 valence electrons. The Balaban J connectivity index is 1.40. The van der Waals surface area contributed by atoms with E-state index in [9.17, 15) is 9.59 Å². The molecule has 2 aliphatic heterocycles. The average molecular weight is 416 g/mol. The predicted octanol–water partition coefficient (Wildman–Crippen LogP) is 4.12. The molecule has 28 heavy (non-hydrogen) atoms. The molecule has 2 aromatic carbocycles. The number of urea groups is 1. The summed E-state index contributed by atoms with van der Waals surface area (Å²) in [6.07, 6.45) is 1.51. The Morgan fingerprint density at radius 1 is 1.07 bits per heavy atom. The van der Waals surface area contributed by atoms with E-state index in [-0.39, 0.29) is 16.8 Å². The topological polar surface area (TPSA) is 52.7 Å². The lowest BCUT2D eigenvalue weighted by Gasteiger charge is -2.43. The van der Waals surface area contributed by atoms with Gasteiger partial charge >= 0.3 is 6.03 Å². The molecule has 2 aliphatic rings. The van der Waals surface area contributed by atoms with E-state index in [4.69, 9.17) is 11.6 Å². The molecule has 4 rings (SSSR count). The van der Waals surface area contributed by atoms with Gasteiger partial charge in [0.05, 0.1) is 10.6 Å². The van der Waals surface area contributed by atoms with Crippen molar-refractivity contribution < 1.29 is 9.59 Å². The lowest BCUT2D eigenvalue weighted by atomic mass is 10.0. The van der Waals surface area contributed by atoms with Crippen LogP contribution in [0.15, 0.2) is 54.6 Å². The Morgan fingerprint density at radius 2 is 1.75 bits per heavy atom. The van der Waals surface area contributed by atoms with Crippen LogP contribution in [-0.2, 0) is 11.3 Å². The first-order valence-electron chi connectivity index (χ1n) is 9.37. The third-order valence-electron chi connectivity index (χ3n) is 5.32. The number of carbonyl (C=O) groups excluding carboxylic acids is 2. The molecule has 0 unspecified atom stereocenters. The van der Waals surface area contributed by atoms with Gasteiger partial charge in [-0.1, -0.05) is 41.9 Å². The van der Waals surface area contributed by atoms with Crippen LogP contribution in [-0.4, -0.2) is 40.6 Å². The molecule has 5 nitrogen and oxygen atoms in total. The van der Waals surface area contributed by atoms with Gasteiger partial charge in [-0.25, -0.2) is 4.79 Å². The standard InChI is InChI=1S/C21H22ClN3O2S/c22-17-6-8-18(9-7-17)25-19(26)15-28-21(25)10-12-24(13-11-21)20(27)23-14-16-4-2-1-3-5-16/h1-9H,10-15H2,(H,23,27). The van der Waals surface area contributed by atoms with E-state index in [1.54, 1.807) is 11.8 Å². The van der Waals surface area contributed by atoms with Crippen molar-refractivity contribution >= 4 is 41.0 Å². The number of hydrogen-bond donors (Lipinski definition) is 1. The molecule has 2 fully saturated rings. The Kier molecular flexibility index (Phi) is 5.51. The number of thioether (sulfide) groups is 1. The monoisotopic (exact) mass is 415 g/mol. The summed E-state index contributed by atoms with van der Waals surface area (Å²) in [4.78, 5) is 28.6. The van der Waals surface area contributed by atoms with Crippen LogP contribution in [0.25, 0.3) is 0 Å². The smallest absolute Gasteiger partial charge is 0.317 e. The van der Waals surface area contributed by atoms with E-state index in [1.165, 1.54) is 0 Å². The molecular weight excluding hydrogens is 394 g/mol. The van der Waals surface area contributed by atoms with Crippen LogP contribution in [0, 0.1) is 0 Å². The van der Waals surface area contributed by atoms with E-state index < -0.39 is 0 Å². The third-order valence-corrected chi connectivity index (χ3v) is 7.10. The summed E-state index contributed by atoms with van der Waals surface area (Å²) in [7, 11) is 0. The zero-order valence-electron chi connectivity index (χ0n) is 15.4. The van der Waals surface area contributed by atoms with Gasteiger partial charge in [-0.15, -0.1) is 11.8 Å². The Bertz CT molecular complexity index is 852. The molecule has 2 saturated heterocycles. The van der Waals surface area contributed by atoms with E-state index in [0.717, 1.165) is 24.1 Å². The maximum Gasteiger partial charge on any atom is 0.317 e. The molecule has 0 aliphatic carbocycles. The number of anilines is 1. The summed E-state index contributed by atoms with van der Waals surface area (Å²) in [6.45, 7) is 1.78. The summed E-state index contributed by atoms with van der Waals surface area (Å²) in [5.74, 6) is 0.595. The normalized spacial score (nSPS) is 18.5. The van der Waals surface area contributed by atoms with Crippen LogP contribution in [0.2, 0.25) is 5.02 Å². The quantitative estimate of drug-likeness (QED) is 0.820. The van der Waals surface area contributed by atoms with Gasteiger partial charge in [0.2, 0.25) is 5.91 Å². The number of piperidine rings is 1. The summed E-state index contributed by atoms with van der Waals surface area (Å²) < 4.78 is 0. The minimum Gasteiger partial charge on any atom is -0.334 e. The largest absolute Gasteiger partial charge is 0.334 e. The molecule has 1 N–H and O–H groups in total. The molecule has 2 heterocycles. The van der Waals surface area contributed by atoms with Crippen molar-refractivity contribution in [3.8, 4) is 0 Å². The Hall–Kier alpha value is -2.18. The summed E-state index contributed by atoms with van der Waals surface area (Å²) in [5, 5.41) is 3.65. The fourth-order valence-electron chi connectivity index (χ4n) is 3.83. The second kappa shape index (κ2) is 8.05. The average Bonchev–Trinajstić information content (AvgIpc) is 3.04. The molecule has 2 aromatic rings. The minimum absolute atomic E-state index is 0.0499. The predicted molar refractivity (Wildman–Crippen MR) is 114 cm³/mol. The highest BCUT2D eigenvalue weighted by atomic mass is 35.5. The van der Waals surface area contributed by atoms with Crippen LogP contribution < -0.4 is 10.2 Å². The van der Waals surface area contributed by atoms with Gasteiger partial charge in [-0.3, -0.25) is 9.69 Å². The van der Waals surface area contributed by atoms with Crippen molar-refractivity contribution in [3.05, 3.63) is 65.2 Å².